The van der Waals surface area contributed by atoms with Crippen LogP contribution in [0, 0.1) is 5.82 Å². The maximum absolute atomic E-state index is 12.9. The number of hydrogen-bond acceptors (Lipinski definition) is 3. The molecule has 25 heavy (non-hydrogen) atoms. The minimum Gasteiger partial charge on any atom is -0.348 e. The van der Waals surface area contributed by atoms with Crippen LogP contribution in [-0.2, 0) is 13.1 Å². The summed E-state index contributed by atoms with van der Waals surface area (Å²) in [6.45, 7) is 0.911. The molecule has 128 valence electrons. The van der Waals surface area contributed by atoms with Crippen LogP contribution in [0.1, 0.15) is 21.6 Å². The van der Waals surface area contributed by atoms with Crippen LogP contribution in [0.4, 0.5) is 4.39 Å². The van der Waals surface area contributed by atoms with Gasteiger partial charge >= 0.3 is 0 Å². The molecule has 3 rings (SSSR count). The lowest BCUT2D eigenvalue weighted by Crippen LogP contribution is -2.23. The molecule has 0 bridgehead atoms. The molecule has 0 aliphatic heterocycles. The monoisotopic (exact) mass is 357 g/mol. The molecule has 4 nitrogen and oxygen atoms in total. The van der Waals surface area contributed by atoms with E-state index >= 15 is 0 Å². The SMILES string of the molecule is CNCc1ccc2ccc(C(=O)NCc3ccc(F)cc3)c(Cl)c2n1. The van der Waals surface area contributed by atoms with E-state index < -0.39 is 0 Å². The van der Waals surface area contributed by atoms with Crippen molar-refractivity contribution in [3.63, 3.8) is 0 Å². The molecule has 0 saturated carbocycles. The largest absolute Gasteiger partial charge is 0.348 e. The van der Waals surface area contributed by atoms with E-state index in [4.69, 9.17) is 11.6 Å². The number of carbonyl (C=O) groups is 1. The van der Waals surface area contributed by atoms with Crippen molar-refractivity contribution < 1.29 is 9.18 Å². The number of nitrogens with one attached hydrogen (secondary N) is 2. The highest BCUT2D eigenvalue weighted by molar-refractivity contribution is 6.38. The number of rotatable bonds is 5. The fraction of sp³-hybridized carbons (Fsp3) is 0.158. The summed E-state index contributed by atoms with van der Waals surface area (Å²) in [5, 5.41) is 7.03. The Kier molecular flexibility index (Phi) is 5.26. The van der Waals surface area contributed by atoms with E-state index in [0.29, 0.717) is 29.2 Å². The number of pyridine rings is 1. The van der Waals surface area contributed by atoms with E-state index in [2.05, 4.69) is 15.6 Å². The maximum Gasteiger partial charge on any atom is 0.253 e. The predicted octanol–water partition coefficient (Wildman–Crippen LogP) is 3.68. The van der Waals surface area contributed by atoms with Crippen LogP contribution in [-0.4, -0.2) is 17.9 Å². The van der Waals surface area contributed by atoms with Crippen molar-refractivity contribution in [3.8, 4) is 0 Å². The standard InChI is InChI=1S/C19H17ClFN3O/c1-22-11-15-8-4-13-5-9-16(17(20)18(13)24-15)19(25)23-10-12-2-6-14(21)7-3-12/h2-9,22H,10-11H2,1H3,(H,23,25). The Bertz CT molecular complexity index is 912. The van der Waals surface area contributed by atoms with Gasteiger partial charge in [0.05, 0.1) is 21.8 Å². The van der Waals surface area contributed by atoms with Gasteiger partial charge in [0, 0.05) is 18.5 Å². The molecule has 2 N–H and O–H groups in total. The van der Waals surface area contributed by atoms with Gasteiger partial charge in [-0.3, -0.25) is 4.79 Å². The lowest BCUT2D eigenvalue weighted by atomic mass is 10.1. The normalized spacial score (nSPS) is 10.8. The van der Waals surface area contributed by atoms with Crippen molar-refractivity contribution >= 4 is 28.4 Å². The van der Waals surface area contributed by atoms with Gasteiger partial charge in [0.25, 0.3) is 5.91 Å². The highest BCUT2D eigenvalue weighted by Gasteiger charge is 2.14. The average Bonchev–Trinajstić information content (AvgIpc) is 2.62. The van der Waals surface area contributed by atoms with Crippen LogP contribution in [0.25, 0.3) is 10.9 Å². The summed E-state index contributed by atoms with van der Waals surface area (Å²) in [5.74, 6) is -0.604. The number of hydrogen-bond donors (Lipinski definition) is 2. The molecule has 0 saturated heterocycles. The van der Waals surface area contributed by atoms with Crippen LogP contribution in [0.2, 0.25) is 5.02 Å². The molecular formula is C19H17ClFN3O. The van der Waals surface area contributed by atoms with E-state index in [9.17, 15) is 9.18 Å². The topological polar surface area (TPSA) is 54.0 Å². The van der Waals surface area contributed by atoms with E-state index in [0.717, 1.165) is 16.6 Å². The van der Waals surface area contributed by atoms with Gasteiger partial charge in [-0.05, 0) is 36.9 Å². The Morgan fingerprint density at radius 1 is 1.08 bits per heavy atom. The zero-order valence-corrected chi connectivity index (χ0v) is 14.4. The van der Waals surface area contributed by atoms with Gasteiger partial charge < -0.3 is 10.6 Å². The third-order valence-electron chi connectivity index (χ3n) is 3.83. The molecule has 0 aliphatic carbocycles. The molecule has 6 heteroatoms. The van der Waals surface area contributed by atoms with Crippen LogP contribution in [0.15, 0.2) is 48.5 Å². The summed E-state index contributed by atoms with van der Waals surface area (Å²) in [7, 11) is 1.84. The summed E-state index contributed by atoms with van der Waals surface area (Å²) < 4.78 is 12.9. The molecule has 0 atom stereocenters. The van der Waals surface area contributed by atoms with Crippen LogP contribution < -0.4 is 10.6 Å². The van der Waals surface area contributed by atoms with Crippen LogP contribution in [0.5, 0.6) is 0 Å². The molecule has 0 fully saturated rings. The number of nitrogens with zero attached hydrogens (tertiary/aromatic N) is 1. The average molecular weight is 358 g/mol. The second-order valence-corrected chi connectivity index (χ2v) is 6.02. The Balaban J connectivity index is 1.82. The summed E-state index contributed by atoms with van der Waals surface area (Å²) >= 11 is 6.42. The fourth-order valence-electron chi connectivity index (χ4n) is 2.53. The molecule has 0 aliphatic rings. The van der Waals surface area contributed by atoms with Gasteiger partial charge in [-0.1, -0.05) is 35.9 Å². The lowest BCUT2D eigenvalue weighted by molar-refractivity contribution is 0.0951. The van der Waals surface area contributed by atoms with E-state index in [1.807, 2.05) is 25.2 Å². The highest BCUT2D eigenvalue weighted by atomic mass is 35.5. The van der Waals surface area contributed by atoms with Crippen molar-refractivity contribution in [2.75, 3.05) is 7.05 Å². The maximum atomic E-state index is 12.9. The Labute approximate surface area is 150 Å². The van der Waals surface area contributed by atoms with Crippen LogP contribution >= 0.6 is 11.6 Å². The van der Waals surface area contributed by atoms with Gasteiger partial charge in [-0.25, -0.2) is 9.37 Å². The molecule has 1 aromatic heterocycles. The van der Waals surface area contributed by atoms with Gasteiger partial charge in [-0.2, -0.15) is 0 Å². The van der Waals surface area contributed by atoms with Crippen molar-refractivity contribution in [3.05, 3.63) is 76.2 Å². The second-order valence-electron chi connectivity index (χ2n) is 5.64. The third-order valence-corrected chi connectivity index (χ3v) is 4.21. The van der Waals surface area contributed by atoms with Gasteiger partial charge in [-0.15, -0.1) is 0 Å². The molecule has 3 aromatic rings. The van der Waals surface area contributed by atoms with E-state index in [-0.39, 0.29) is 11.7 Å². The third kappa shape index (κ3) is 3.95. The Morgan fingerprint density at radius 3 is 2.52 bits per heavy atom. The van der Waals surface area contributed by atoms with E-state index in [1.54, 1.807) is 18.2 Å². The molecule has 0 radical (unpaired) electrons. The molecular weight excluding hydrogens is 341 g/mol. The van der Waals surface area contributed by atoms with Crippen molar-refractivity contribution in [1.29, 1.82) is 0 Å². The zero-order chi connectivity index (χ0) is 17.8. The molecule has 1 amide bonds. The van der Waals surface area contributed by atoms with Gasteiger partial charge in [0.15, 0.2) is 0 Å². The predicted molar refractivity (Wildman–Crippen MR) is 97.1 cm³/mol. The molecule has 1 heterocycles. The first-order valence-electron chi connectivity index (χ1n) is 7.84. The Hall–Kier alpha value is -2.50. The van der Waals surface area contributed by atoms with Crippen molar-refractivity contribution in [2.24, 2.45) is 0 Å². The highest BCUT2D eigenvalue weighted by Crippen LogP contribution is 2.26. The van der Waals surface area contributed by atoms with Gasteiger partial charge in [0.1, 0.15) is 5.82 Å². The smallest absolute Gasteiger partial charge is 0.253 e. The Morgan fingerprint density at radius 2 is 1.80 bits per heavy atom. The summed E-state index contributed by atoms with van der Waals surface area (Å²) in [6.07, 6.45) is 0. The molecule has 0 spiro atoms. The summed E-state index contributed by atoms with van der Waals surface area (Å²) in [4.78, 5) is 17.0. The lowest BCUT2D eigenvalue weighted by Gasteiger charge is -2.10. The zero-order valence-electron chi connectivity index (χ0n) is 13.6. The van der Waals surface area contributed by atoms with E-state index in [1.165, 1.54) is 12.1 Å². The van der Waals surface area contributed by atoms with Gasteiger partial charge in [0.2, 0.25) is 0 Å². The second kappa shape index (κ2) is 7.59. The van der Waals surface area contributed by atoms with Crippen LogP contribution in [0.3, 0.4) is 0 Å². The first-order chi connectivity index (χ1) is 12.1. The fourth-order valence-corrected chi connectivity index (χ4v) is 2.83. The quantitative estimate of drug-likeness (QED) is 0.732. The minimum absolute atomic E-state index is 0.292. The number of carbonyl (C=O) groups excluding carboxylic acids is 1. The number of halogens is 2. The summed E-state index contributed by atoms with van der Waals surface area (Å²) in [5.41, 5.74) is 2.62. The first kappa shape index (κ1) is 17.3. The summed E-state index contributed by atoms with van der Waals surface area (Å²) in [6, 6.07) is 13.3. The number of aromatic nitrogens is 1. The minimum atomic E-state index is -0.309. The van der Waals surface area contributed by atoms with Crippen molar-refractivity contribution in [1.82, 2.24) is 15.6 Å². The molecule has 2 aromatic carbocycles. The first-order valence-corrected chi connectivity index (χ1v) is 8.21. The molecule has 0 unspecified atom stereocenters. The number of amides is 1. The number of benzene rings is 2. The number of fused-ring (bicyclic) bond motifs is 1. The van der Waals surface area contributed by atoms with Crippen molar-refractivity contribution in [2.45, 2.75) is 13.1 Å².